The van der Waals surface area contributed by atoms with Crippen molar-refractivity contribution in [2.75, 3.05) is 25.6 Å². The van der Waals surface area contributed by atoms with Gasteiger partial charge in [0.2, 0.25) is 0 Å². The maximum Gasteiger partial charge on any atom is 0.254 e. The highest BCUT2D eigenvalue weighted by atomic mass is 79.9. The van der Waals surface area contributed by atoms with Gasteiger partial charge >= 0.3 is 0 Å². The van der Waals surface area contributed by atoms with Crippen molar-refractivity contribution in [3.63, 3.8) is 0 Å². The molecule has 0 fully saturated rings. The third-order valence-corrected chi connectivity index (χ3v) is 3.14. The summed E-state index contributed by atoms with van der Waals surface area (Å²) in [5.74, 6) is 0.295. The van der Waals surface area contributed by atoms with Crippen LogP contribution in [0.1, 0.15) is 12.6 Å². The van der Waals surface area contributed by atoms with E-state index in [9.17, 15) is 4.79 Å². The van der Waals surface area contributed by atoms with Crippen LogP contribution in [0, 0.1) is 6.92 Å². The summed E-state index contributed by atoms with van der Waals surface area (Å²) in [7, 11) is 1.59. The number of aromatic nitrogens is 1. The number of pyridine rings is 1. The molecule has 1 amide bonds. The molecule has 1 rings (SSSR count). The van der Waals surface area contributed by atoms with Crippen molar-refractivity contribution in [3.8, 4) is 0 Å². The molecule has 0 spiro atoms. The van der Waals surface area contributed by atoms with Gasteiger partial charge in [-0.05, 0) is 41.9 Å². The summed E-state index contributed by atoms with van der Waals surface area (Å²) >= 11 is 3.35. The highest BCUT2D eigenvalue weighted by molar-refractivity contribution is 9.10. The number of hydrogen-bond donors (Lipinski definition) is 1. The van der Waals surface area contributed by atoms with Gasteiger partial charge in [-0.2, -0.15) is 0 Å². The van der Waals surface area contributed by atoms with Crippen molar-refractivity contribution in [2.45, 2.75) is 20.0 Å². The van der Waals surface area contributed by atoms with Gasteiger partial charge in [-0.3, -0.25) is 4.79 Å². The zero-order valence-corrected chi connectivity index (χ0v) is 12.3. The first-order valence-electron chi connectivity index (χ1n) is 5.59. The number of ether oxygens (including phenoxy) is 2. The summed E-state index contributed by atoms with van der Waals surface area (Å²) in [6, 6.07) is 3.57. The predicted octanol–water partition coefficient (Wildman–Crippen LogP) is 2.14. The molecular weight excluding hydrogens is 300 g/mol. The second kappa shape index (κ2) is 7.45. The van der Waals surface area contributed by atoms with E-state index in [1.807, 2.05) is 13.0 Å². The van der Waals surface area contributed by atoms with Crippen molar-refractivity contribution < 1.29 is 14.3 Å². The van der Waals surface area contributed by atoms with Crippen LogP contribution in [-0.2, 0) is 14.3 Å². The van der Waals surface area contributed by atoms with Gasteiger partial charge in [-0.1, -0.05) is 0 Å². The van der Waals surface area contributed by atoms with Gasteiger partial charge in [0.05, 0.1) is 18.9 Å². The molecular formula is C12H17BrN2O3. The number of nitrogens with one attached hydrogen (secondary N) is 1. The topological polar surface area (TPSA) is 60.5 Å². The minimum absolute atomic E-state index is 0.222. The average Bonchev–Trinajstić information content (AvgIpc) is 2.34. The van der Waals surface area contributed by atoms with E-state index in [1.54, 1.807) is 20.1 Å². The molecule has 0 aliphatic carbocycles. The molecule has 0 aromatic carbocycles. The minimum Gasteiger partial charge on any atom is -0.382 e. The van der Waals surface area contributed by atoms with Gasteiger partial charge in [0.15, 0.2) is 0 Å². The highest BCUT2D eigenvalue weighted by Crippen LogP contribution is 2.16. The first-order valence-corrected chi connectivity index (χ1v) is 6.38. The molecule has 1 aromatic heterocycles. The lowest BCUT2D eigenvalue weighted by Crippen LogP contribution is -2.29. The third-order valence-electron chi connectivity index (χ3n) is 2.30. The van der Waals surface area contributed by atoms with Crippen LogP contribution in [0.5, 0.6) is 0 Å². The molecule has 18 heavy (non-hydrogen) atoms. The molecule has 5 nitrogen and oxygen atoms in total. The third kappa shape index (κ3) is 4.72. The van der Waals surface area contributed by atoms with Crippen LogP contribution in [0.2, 0.25) is 0 Å². The zero-order chi connectivity index (χ0) is 13.5. The number of halogens is 1. The first-order chi connectivity index (χ1) is 8.54. The van der Waals surface area contributed by atoms with Crippen molar-refractivity contribution in [2.24, 2.45) is 0 Å². The van der Waals surface area contributed by atoms with Crippen molar-refractivity contribution in [3.05, 3.63) is 22.3 Å². The van der Waals surface area contributed by atoms with E-state index in [0.29, 0.717) is 19.0 Å². The lowest BCUT2D eigenvalue weighted by molar-refractivity contribution is -0.127. The van der Waals surface area contributed by atoms with E-state index >= 15 is 0 Å². The molecule has 0 unspecified atom stereocenters. The van der Waals surface area contributed by atoms with E-state index in [1.165, 1.54) is 0 Å². The summed E-state index contributed by atoms with van der Waals surface area (Å²) in [5, 5.41) is 2.70. The largest absolute Gasteiger partial charge is 0.382 e. The van der Waals surface area contributed by atoms with E-state index < -0.39 is 6.10 Å². The molecule has 1 N–H and O–H groups in total. The van der Waals surface area contributed by atoms with E-state index in [0.717, 1.165) is 10.2 Å². The van der Waals surface area contributed by atoms with Crippen molar-refractivity contribution in [1.82, 2.24) is 4.98 Å². The molecule has 1 aromatic rings. The molecule has 0 saturated carbocycles. The Labute approximate surface area is 115 Å². The number of methoxy groups -OCH3 is 1. The Balaban J connectivity index is 2.50. The molecule has 0 radical (unpaired) electrons. The van der Waals surface area contributed by atoms with Crippen LogP contribution in [0.25, 0.3) is 0 Å². The van der Waals surface area contributed by atoms with Crippen LogP contribution in [0.15, 0.2) is 16.6 Å². The van der Waals surface area contributed by atoms with E-state index in [-0.39, 0.29) is 5.91 Å². The Bertz CT molecular complexity index is 412. The molecule has 100 valence electrons. The van der Waals surface area contributed by atoms with Crippen LogP contribution in [0.3, 0.4) is 0 Å². The second-order valence-electron chi connectivity index (χ2n) is 3.76. The number of aryl methyl sites for hydroxylation is 1. The van der Waals surface area contributed by atoms with Crippen LogP contribution >= 0.6 is 15.9 Å². The fraction of sp³-hybridized carbons (Fsp3) is 0.500. The fourth-order valence-corrected chi connectivity index (χ4v) is 1.45. The van der Waals surface area contributed by atoms with Gasteiger partial charge in [-0.25, -0.2) is 4.98 Å². The fourth-order valence-electron chi connectivity index (χ4n) is 1.23. The van der Waals surface area contributed by atoms with Gasteiger partial charge < -0.3 is 14.8 Å². The zero-order valence-electron chi connectivity index (χ0n) is 10.7. The molecule has 0 saturated heterocycles. The maximum atomic E-state index is 11.8. The molecule has 1 atom stereocenters. The van der Waals surface area contributed by atoms with E-state index in [4.69, 9.17) is 9.47 Å². The number of hydrogen-bond acceptors (Lipinski definition) is 4. The quantitative estimate of drug-likeness (QED) is 0.817. The summed E-state index contributed by atoms with van der Waals surface area (Å²) in [5.41, 5.74) is 0.820. The number of rotatable bonds is 6. The normalized spacial score (nSPS) is 12.2. The average molecular weight is 317 g/mol. The Morgan fingerprint density at radius 2 is 2.22 bits per heavy atom. The summed E-state index contributed by atoms with van der Waals surface area (Å²) < 4.78 is 11.0. The van der Waals surface area contributed by atoms with E-state index in [2.05, 4.69) is 26.2 Å². The van der Waals surface area contributed by atoms with Gasteiger partial charge in [0, 0.05) is 11.6 Å². The predicted molar refractivity (Wildman–Crippen MR) is 72.6 cm³/mol. The monoisotopic (exact) mass is 316 g/mol. The van der Waals surface area contributed by atoms with Crippen molar-refractivity contribution in [1.29, 1.82) is 0 Å². The Morgan fingerprint density at radius 1 is 1.50 bits per heavy atom. The number of carbonyl (C=O) groups excluding carboxylic acids is 1. The SMILES string of the molecule is COCCO[C@H](C)C(=O)Nc1ccc(Br)c(C)n1. The van der Waals surface area contributed by atoms with Gasteiger partial charge in [0.25, 0.3) is 5.91 Å². The minimum atomic E-state index is -0.536. The lowest BCUT2D eigenvalue weighted by atomic mass is 10.3. The van der Waals surface area contributed by atoms with Crippen molar-refractivity contribution >= 4 is 27.7 Å². The first kappa shape index (κ1) is 15.1. The van der Waals surface area contributed by atoms with Crippen LogP contribution in [-0.4, -0.2) is 37.3 Å². The molecule has 1 heterocycles. The molecule has 0 aliphatic heterocycles. The number of carbonyl (C=O) groups is 1. The van der Waals surface area contributed by atoms with Crippen LogP contribution in [0.4, 0.5) is 5.82 Å². The second-order valence-corrected chi connectivity index (χ2v) is 4.61. The summed E-state index contributed by atoms with van der Waals surface area (Å²) in [6.07, 6.45) is -0.536. The summed E-state index contributed by atoms with van der Waals surface area (Å²) in [4.78, 5) is 16.0. The lowest BCUT2D eigenvalue weighted by Gasteiger charge is -2.13. The number of amides is 1. The number of nitrogens with zero attached hydrogens (tertiary/aromatic N) is 1. The van der Waals surface area contributed by atoms with Gasteiger partial charge in [0.1, 0.15) is 11.9 Å². The standard InChI is InChI=1S/C12H17BrN2O3/c1-8-10(13)4-5-11(14-8)15-12(16)9(2)18-7-6-17-3/h4-5,9H,6-7H2,1-3H3,(H,14,15,16)/t9-/m1/s1. The van der Waals surface area contributed by atoms with Crippen LogP contribution < -0.4 is 5.32 Å². The Kier molecular flexibility index (Phi) is 6.24. The van der Waals surface area contributed by atoms with Gasteiger partial charge in [-0.15, -0.1) is 0 Å². The number of anilines is 1. The highest BCUT2D eigenvalue weighted by Gasteiger charge is 2.14. The maximum absolute atomic E-state index is 11.8. The Hall–Kier alpha value is -0.980. The smallest absolute Gasteiger partial charge is 0.254 e. The Morgan fingerprint density at radius 3 is 2.83 bits per heavy atom. The molecule has 6 heteroatoms. The summed E-state index contributed by atoms with van der Waals surface area (Å²) in [6.45, 7) is 4.40. The molecule has 0 aliphatic rings. The molecule has 0 bridgehead atoms.